The van der Waals surface area contributed by atoms with Crippen LogP contribution < -0.4 is 22.1 Å². The molecule has 0 aliphatic carbocycles. The zero-order valence-corrected chi connectivity index (χ0v) is 16.1. The summed E-state index contributed by atoms with van der Waals surface area (Å²) in [7, 11) is 0. The number of primary amides is 1. The predicted molar refractivity (Wildman–Crippen MR) is 100 cm³/mol. The van der Waals surface area contributed by atoms with Crippen LogP contribution in [0.4, 0.5) is 0 Å². The fourth-order valence-electron chi connectivity index (χ4n) is 2.86. The van der Waals surface area contributed by atoms with Gasteiger partial charge in [0, 0.05) is 12.3 Å². The number of rotatable bonds is 9. The maximum atomic E-state index is 12.7. The highest BCUT2D eigenvalue weighted by molar-refractivity contribution is 7.80. The molecular formula is C16H29N5O4S. The lowest BCUT2D eigenvalue weighted by Gasteiger charge is -2.28. The molecule has 3 atom stereocenters. The molecule has 0 bridgehead atoms. The summed E-state index contributed by atoms with van der Waals surface area (Å²) < 4.78 is 0. The van der Waals surface area contributed by atoms with Crippen LogP contribution in [0.1, 0.15) is 33.1 Å². The Hall–Kier alpha value is -1.81. The highest BCUT2D eigenvalue weighted by Crippen LogP contribution is 2.19. The van der Waals surface area contributed by atoms with Crippen molar-refractivity contribution in [3.63, 3.8) is 0 Å². The minimum Gasteiger partial charge on any atom is -0.368 e. The van der Waals surface area contributed by atoms with Crippen LogP contribution in [0.15, 0.2) is 0 Å². The van der Waals surface area contributed by atoms with Crippen LogP contribution in [0.2, 0.25) is 0 Å². The normalized spacial score (nSPS) is 19.1. The van der Waals surface area contributed by atoms with Gasteiger partial charge in [0.15, 0.2) is 0 Å². The molecule has 1 aliphatic rings. The zero-order valence-electron chi connectivity index (χ0n) is 15.2. The van der Waals surface area contributed by atoms with Gasteiger partial charge in [-0.05, 0) is 25.2 Å². The number of hydrogen-bond donors (Lipinski definition) is 5. The minimum atomic E-state index is -0.807. The molecule has 0 saturated carbocycles. The van der Waals surface area contributed by atoms with E-state index in [2.05, 4.69) is 23.3 Å². The summed E-state index contributed by atoms with van der Waals surface area (Å²) in [4.78, 5) is 49.5. The standard InChI is InChI=1S/C16H29N5O4S/c1-9(2)6-11(14(23)19-7-13(18)22)20-15(24)12-4-3-5-21(12)16(25)10(17)8-26/h9-12,26H,3-8,17H2,1-2H3,(H2,18,22)(H,19,23)(H,20,24)/t10-,11-,12+/m0/s1. The molecule has 4 amide bonds. The van der Waals surface area contributed by atoms with E-state index in [4.69, 9.17) is 11.5 Å². The molecule has 1 saturated heterocycles. The highest BCUT2D eigenvalue weighted by atomic mass is 32.1. The summed E-state index contributed by atoms with van der Waals surface area (Å²) >= 11 is 4.03. The first kappa shape index (κ1) is 22.2. The van der Waals surface area contributed by atoms with Gasteiger partial charge in [-0.3, -0.25) is 19.2 Å². The van der Waals surface area contributed by atoms with Crippen molar-refractivity contribution in [3.05, 3.63) is 0 Å². The second-order valence-electron chi connectivity index (χ2n) is 6.85. The first-order valence-electron chi connectivity index (χ1n) is 8.70. The van der Waals surface area contributed by atoms with Crippen molar-refractivity contribution in [1.82, 2.24) is 15.5 Å². The largest absolute Gasteiger partial charge is 0.368 e. The maximum absolute atomic E-state index is 12.7. The highest BCUT2D eigenvalue weighted by Gasteiger charge is 2.37. The van der Waals surface area contributed by atoms with E-state index in [1.807, 2.05) is 13.8 Å². The molecule has 26 heavy (non-hydrogen) atoms. The molecule has 0 aromatic rings. The van der Waals surface area contributed by atoms with Crippen LogP contribution in [0.5, 0.6) is 0 Å². The van der Waals surface area contributed by atoms with Crippen LogP contribution in [0.3, 0.4) is 0 Å². The number of hydrogen-bond acceptors (Lipinski definition) is 6. The van der Waals surface area contributed by atoms with Gasteiger partial charge >= 0.3 is 0 Å². The molecule has 0 unspecified atom stereocenters. The van der Waals surface area contributed by atoms with Gasteiger partial charge in [-0.1, -0.05) is 13.8 Å². The maximum Gasteiger partial charge on any atom is 0.243 e. The van der Waals surface area contributed by atoms with Gasteiger partial charge in [0.25, 0.3) is 0 Å². The Morgan fingerprint density at radius 1 is 1.27 bits per heavy atom. The van der Waals surface area contributed by atoms with E-state index in [1.54, 1.807) is 0 Å². The fraction of sp³-hybridized carbons (Fsp3) is 0.750. The number of carbonyl (C=O) groups excluding carboxylic acids is 4. The van der Waals surface area contributed by atoms with Gasteiger partial charge in [-0.2, -0.15) is 12.6 Å². The Kier molecular flexibility index (Phi) is 8.86. The summed E-state index contributed by atoms with van der Waals surface area (Å²) in [6.45, 7) is 3.98. The third-order valence-electron chi connectivity index (χ3n) is 4.13. The molecule has 0 radical (unpaired) electrons. The molecule has 1 fully saturated rings. The van der Waals surface area contributed by atoms with Crippen molar-refractivity contribution in [1.29, 1.82) is 0 Å². The van der Waals surface area contributed by atoms with Crippen molar-refractivity contribution in [2.24, 2.45) is 17.4 Å². The second kappa shape index (κ2) is 10.4. The molecule has 0 aromatic heterocycles. The van der Waals surface area contributed by atoms with Crippen LogP contribution in [-0.4, -0.2) is 65.5 Å². The molecule has 1 aliphatic heterocycles. The van der Waals surface area contributed by atoms with Crippen LogP contribution in [0, 0.1) is 5.92 Å². The van der Waals surface area contributed by atoms with E-state index in [1.165, 1.54) is 4.90 Å². The number of likely N-dealkylation sites (tertiary alicyclic amines) is 1. The number of carbonyl (C=O) groups is 4. The Labute approximate surface area is 159 Å². The zero-order chi connectivity index (χ0) is 19.9. The van der Waals surface area contributed by atoms with Gasteiger partial charge in [0.1, 0.15) is 12.1 Å². The number of amides is 4. The van der Waals surface area contributed by atoms with Crippen LogP contribution in [0.25, 0.3) is 0 Å². The average Bonchev–Trinajstić information content (AvgIpc) is 3.06. The lowest BCUT2D eigenvalue weighted by atomic mass is 10.0. The summed E-state index contributed by atoms with van der Waals surface area (Å²) in [6, 6.07) is -2.23. The van der Waals surface area contributed by atoms with E-state index in [0.29, 0.717) is 25.8 Å². The van der Waals surface area contributed by atoms with Crippen LogP contribution >= 0.6 is 12.6 Å². The first-order chi connectivity index (χ1) is 12.2. The summed E-state index contributed by atoms with van der Waals surface area (Å²) in [5.41, 5.74) is 10.8. The van der Waals surface area contributed by atoms with Gasteiger partial charge in [-0.25, -0.2) is 0 Å². The number of nitrogens with zero attached hydrogens (tertiary/aromatic N) is 1. The monoisotopic (exact) mass is 387 g/mol. The second-order valence-corrected chi connectivity index (χ2v) is 7.22. The predicted octanol–water partition coefficient (Wildman–Crippen LogP) is -1.63. The molecule has 6 N–H and O–H groups in total. The van der Waals surface area contributed by atoms with Crippen molar-refractivity contribution in [2.45, 2.75) is 51.2 Å². The molecule has 1 rings (SSSR count). The van der Waals surface area contributed by atoms with Crippen molar-refractivity contribution in [2.75, 3.05) is 18.8 Å². The third-order valence-corrected chi connectivity index (χ3v) is 4.52. The molecule has 0 aromatic carbocycles. The molecular weight excluding hydrogens is 358 g/mol. The van der Waals surface area contributed by atoms with Gasteiger partial charge in [0.05, 0.1) is 12.6 Å². The van der Waals surface area contributed by atoms with Crippen LogP contribution in [-0.2, 0) is 19.2 Å². The van der Waals surface area contributed by atoms with Gasteiger partial charge in [0.2, 0.25) is 23.6 Å². The molecule has 148 valence electrons. The number of thiol groups is 1. The van der Waals surface area contributed by atoms with E-state index >= 15 is 0 Å². The first-order valence-corrected chi connectivity index (χ1v) is 9.33. The van der Waals surface area contributed by atoms with Gasteiger partial charge < -0.3 is 27.0 Å². The lowest BCUT2D eigenvalue weighted by molar-refractivity contribution is -0.140. The quantitative estimate of drug-likeness (QED) is 0.301. The summed E-state index contributed by atoms with van der Waals surface area (Å²) in [5, 5.41) is 5.10. The summed E-state index contributed by atoms with van der Waals surface area (Å²) in [5.74, 6) is -1.54. The number of nitrogens with one attached hydrogen (secondary N) is 2. The van der Waals surface area contributed by atoms with E-state index < -0.39 is 35.8 Å². The Bertz CT molecular complexity index is 543. The third kappa shape index (κ3) is 6.49. The van der Waals surface area contributed by atoms with E-state index in [-0.39, 0.29) is 24.1 Å². The fourth-order valence-corrected chi connectivity index (χ4v) is 3.02. The van der Waals surface area contributed by atoms with Crippen molar-refractivity contribution < 1.29 is 19.2 Å². The smallest absolute Gasteiger partial charge is 0.243 e. The molecule has 1 heterocycles. The minimum absolute atomic E-state index is 0.138. The number of nitrogens with two attached hydrogens (primary N) is 2. The lowest BCUT2D eigenvalue weighted by Crippen LogP contribution is -2.56. The van der Waals surface area contributed by atoms with Crippen molar-refractivity contribution >= 4 is 36.3 Å². The van der Waals surface area contributed by atoms with E-state index in [9.17, 15) is 19.2 Å². The summed E-state index contributed by atoms with van der Waals surface area (Å²) in [6.07, 6.45) is 1.59. The van der Waals surface area contributed by atoms with Crippen molar-refractivity contribution in [3.8, 4) is 0 Å². The topological polar surface area (TPSA) is 148 Å². The molecule has 10 heteroatoms. The Balaban J connectivity index is 2.79. The SMILES string of the molecule is CC(C)C[C@H](NC(=O)[C@H]1CCCN1C(=O)[C@@H](N)CS)C(=O)NCC(N)=O. The average molecular weight is 388 g/mol. The molecule has 9 nitrogen and oxygen atoms in total. The Morgan fingerprint density at radius 3 is 2.46 bits per heavy atom. The van der Waals surface area contributed by atoms with E-state index in [0.717, 1.165) is 0 Å². The Morgan fingerprint density at radius 2 is 1.92 bits per heavy atom. The van der Waals surface area contributed by atoms with Gasteiger partial charge in [-0.15, -0.1) is 0 Å². The molecule has 0 spiro atoms.